The highest BCUT2D eigenvalue weighted by atomic mass is 32.2. The van der Waals surface area contributed by atoms with E-state index in [0.29, 0.717) is 22.2 Å². The van der Waals surface area contributed by atoms with E-state index in [1.54, 1.807) is 0 Å². The van der Waals surface area contributed by atoms with Gasteiger partial charge in [0.1, 0.15) is 17.2 Å². The molecule has 172 valence electrons. The number of nitro groups is 1. The Labute approximate surface area is 202 Å². The third kappa shape index (κ3) is 5.28. The van der Waals surface area contributed by atoms with Gasteiger partial charge in [-0.1, -0.05) is 41.3 Å². The maximum absolute atomic E-state index is 11.3. The Balaban J connectivity index is 1.22. The molecule has 0 radical (unpaired) electrons. The molecule has 1 aliphatic heterocycles. The lowest BCUT2D eigenvalue weighted by atomic mass is 10.1. The molecule has 0 spiro atoms. The van der Waals surface area contributed by atoms with Crippen molar-refractivity contribution in [3.05, 3.63) is 88.0 Å². The molecule has 5 rings (SSSR count). The Morgan fingerprint density at radius 2 is 1.88 bits per heavy atom. The first-order valence-corrected chi connectivity index (χ1v) is 12.0. The zero-order valence-corrected chi connectivity index (χ0v) is 19.3. The summed E-state index contributed by atoms with van der Waals surface area (Å²) in [5.74, 6) is 2.62. The standard InChI is InChI=1S/C23H18N4O5S2/c28-27(29)18-10-15-12-30-14-31-21(15)16(11-18)13-33-23-26-25-22(34-23)24-17-6-8-20(9-7-17)32-19-4-2-1-3-5-19/h1-11H,12-14H2,(H,24,25). The summed E-state index contributed by atoms with van der Waals surface area (Å²) in [5.41, 5.74) is 2.28. The van der Waals surface area contributed by atoms with Crippen LogP contribution in [0, 0.1) is 10.1 Å². The smallest absolute Gasteiger partial charge is 0.270 e. The maximum atomic E-state index is 11.3. The van der Waals surface area contributed by atoms with E-state index in [4.69, 9.17) is 14.2 Å². The van der Waals surface area contributed by atoms with Crippen LogP contribution in [0.15, 0.2) is 71.1 Å². The molecule has 4 aromatic rings. The van der Waals surface area contributed by atoms with Crippen LogP contribution < -0.4 is 14.8 Å². The van der Waals surface area contributed by atoms with Crippen molar-refractivity contribution in [3.8, 4) is 17.2 Å². The van der Waals surface area contributed by atoms with Gasteiger partial charge in [0.2, 0.25) is 5.13 Å². The third-order valence-corrected chi connectivity index (χ3v) is 6.85. The molecule has 0 atom stereocenters. The van der Waals surface area contributed by atoms with Gasteiger partial charge in [0.15, 0.2) is 11.1 Å². The van der Waals surface area contributed by atoms with Gasteiger partial charge in [-0.15, -0.1) is 10.2 Å². The first-order valence-electron chi connectivity index (χ1n) is 10.2. The minimum atomic E-state index is -0.411. The highest BCUT2D eigenvalue weighted by molar-refractivity contribution is 8.00. The number of nitrogens with one attached hydrogen (secondary N) is 1. The number of hydrogen-bond donors (Lipinski definition) is 1. The minimum absolute atomic E-state index is 0.0164. The number of nitro benzene ring substituents is 1. The molecular formula is C23H18N4O5S2. The molecule has 0 unspecified atom stereocenters. The van der Waals surface area contributed by atoms with Crippen molar-refractivity contribution >= 4 is 39.6 Å². The summed E-state index contributed by atoms with van der Waals surface area (Å²) in [6.07, 6.45) is 0. The van der Waals surface area contributed by atoms with Gasteiger partial charge in [-0.25, -0.2) is 0 Å². The molecule has 0 saturated carbocycles. The maximum Gasteiger partial charge on any atom is 0.270 e. The van der Waals surface area contributed by atoms with E-state index in [1.165, 1.54) is 35.2 Å². The largest absolute Gasteiger partial charge is 0.467 e. The Bertz CT molecular complexity index is 1300. The van der Waals surface area contributed by atoms with E-state index in [0.717, 1.165) is 27.1 Å². The highest BCUT2D eigenvalue weighted by Crippen LogP contribution is 2.37. The number of rotatable bonds is 8. The van der Waals surface area contributed by atoms with Gasteiger partial charge in [0.05, 0.1) is 11.5 Å². The zero-order chi connectivity index (χ0) is 23.3. The number of thioether (sulfide) groups is 1. The van der Waals surface area contributed by atoms with E-state index in [1.807, 2.05) is 54.6 Å². The van der Waals surface area contributed by atoms with Crippen LogP contribution in [0.2, 0.25) is 0 Å². The molecule has 0 fully saturated rings. The fraction of sp³-hybridized carbons (Fsp3) is 0.130. The number of aromatic nitrogens is 2. The van der Waals surface area contributed by atoms with Crippen LogP contribution >= 0.6 is 23.1 Å². The molecule has 0 bridgehead atoms. The zero-order valence-electron chi connectivity index (χ0n) is 17.7. The highest BCUT2D eigenvalue weighted by Gasteiger charge is 2.21. The molecule has 1 N–H and O–H groups in total. The average Bonchev–Trinajstić information content (AvgIpc) is 3.31. The second kappa shape index (κ2) is 10.1. The van der Waals surface area contributed by atoms with Gasteiger partial charge in [-0.05, 0) is 36.4 Å². The predicted octanol–water partition coefficient (Wildman–Crippen LogP) is 6.14. The number of ether oxygens (including phenoxy) is 3. The molecule has 1 aromatic heterocycles. The molecule has 0 saturated heterocycles. The van der Waals surface area contributed by atoms with Crippen LogP contribution in [0.4, 0.5) is 16.5 Å². The van der Waals surface area contributed by atoms with Crippen molar-refractivity contribution in [1.82, 2.24) is 10.2 Å². The minimum Gasteiger partial charge on any atom is -0.467 e. The van der Waals surface area contributed by atoms with Gasteiger partial charge < -0.3 is 19.5 Å². The normalized spacial score (nSPS) is 12.5. The average molecular weight is 495 g/mol. The first kappa shape index (κ1) is 22.1. The second-order valence-electron chi connectivity index (χ2n) is 7.19. The predicted molar refractivity (Wildman–Crippen MR) is 129 cm³/mol. The molecule has 1 aliphatic rings. The fourth-order valence-electron chi connectivity index (χ4n) is 3.31. The third-order valence-electron chi connectivity index (χ3n) is 4.82. The second-order valence-corrected chi connectivity index (χ2v) is 9.39. The number of benzene rings is 3. The van der Waals surface area contributed by atoms with Crippen molar-refractivity contribution in [3.63, 3.8) is 0 Å². The van der Waals surface area contributed by atoms with Crippen molar-refractivity contribution in [2.45, 2.75) is 16.7 Å². The van der Waals surface area contributed by atoms with Crippen LogP contribution in [0.3, 0.4) is 0 Å². The summed E-state index contributed by atoms with van der Waals surface area (Å²) in [7, 11) is 0. The molecule has 34 heavy (non-hydrogen) atoms. The van der Waals surface area contributed by atoms with Gasteiger partial charge >= 0.3 is 0 Å². The molecule has 0 aliphatic carbocycles. The van der Waals surface area contributed by atoms with Gasteiger partial charge in [0.25, 0.3) is 5.69 Å². The van der Waals surface area contributed by atoms with Crippen LogP contribution in [0.5, 0.6) is 17.2 Å². The number of para-hydroxylation sites is 1. The SMILES string of the molecule is O=[N+]([O-])c1cc2c(c(CSc3nnc(Nc4ccc(Oc5ccccc5)cc4)s3)c1)OCOC2. The van der Waals surface area contributed by atoms with E-state index in [-0.39, 0.29) is 19.1 Å². The summed E-state index contributed by atoms with van der Waals surface area (Å²) in [4.78, 5) is 10.9. The van der Waals surface area contributed by atoms with Gasteiger partial charge in [-0.3, -0.25) is 10.1 Å². The van der Waals surface area contributed by atoms with E-state index >= 15 is 0 Å². The Hall–Kier alpha value is -3.67. The van der Waals surface area contributed by atoms with E-state index < -0.39 is 4.92 Å². The monoisotopic (exact) mass is 494 g/mol. The molecule has 3 aromatic carbocycles. The van der Waals surface area contributed by atoms with Crippen LogP contribution in [0.25, 0.3) is 0 Å². The van der Waals surface area contributed by atoms with Crippen molar-refractivity contribution in [2.24, 2.45) is 0 Å². The first-order chi connectivity index (χ1) is 16.6. The Morgan fingerprint density at radius 3 is 2.68 bits per heavy atom. The molecule has 0 amide bonds. The molecule has 2 heterocycles. The number of anilines is 2. The topological polar surface area (TPSA) is 109 Å². The summed E-state index contributed by atoms with van der Waals surface area (Å²) >= 11 is 2.84. The summed E-state index contributed by atoms with van der Waals surface area (Å²) in [6.45, 7) is 0.418. The molecule has 9 nitrogen and oxygen atoms in total. The lowest BCUT2D eigenvalue weighted by molar-refractivity contribution is -0.385. The van der Waals surface area contributed by atoms with Crippen LogP contribution in [-0.4, -0.2) is 21.9 Å². The number of hydrogen-bond acceptors (Lipinski definition) is 10. The van der Waals surface area contributed by atoms with E-state index in [2.05, 4.69) is 15.5 Å². The Morgan fingerprint density at radius 1 is 1.09 bits per heavy atom. The van der Waals surface area contributed by atoms with Gasteiger partial charge in [0, 0.05) is 34.7 Å². The lowest BCUT2D eigenvalue weighted by Crippen LogP contribution is -2.13. The Kier molecular flexibility index (Phi) is 6.56. The van der Waals surface area contributed by atoms with Crippen LogP contribution in [0.1, 0.15) is 11.1 Å². The number of fused-ring (bicyclic) bond motifs is 1. The summed E-state index contributed by atoms with van der Waals surface area (Å²) in [5, 5.41) is 23.6. The van der Waals surface area contributed by atoms with Gasteiger partial charge in [-0.2, -0.15) is 0 Å². The van der Waals surface area contributed by atoms with Crippen molar-refractivity contribution in [2.75, 3.05) is 12.1 Å². The van der Waals surface area contributed by atoms with Crippen molar-refractivity contribution < 1.29 is 19.1 Å². The fourth-order valence-corrected chi connectivity index (χ4v) is 5.04. The van der Waals surface area contributed by atoms with E-state index in [9.17, 15) is 10.1 Å². The number of nitrogens with zero attached hydrogens (tertiary/aromatic N) is 3. The summed E-state index contributed by atoms with van der Waals surface area (Å²) < 4.78 is 17.4. The quantitative estimate of drug-likeness (QED) is 0.175. The molecular weight excluding hydrogens is 476 g/mol. The van der Waals surface area contributed by atoms with Crippen molar-refractivity contribution in [1.29, 1.82) is 0 Å². The molecule has 11 heteroatoms. The lowest BCUT2D eigenvalue weighted by Gasteiger charge is -2.20. The number of non-ortho nitro benzene ring substituents is 1. The summed E-state index contributed by atoms with van der Waals surface area (Å²) in [6, 6.07) is 20.2. The van der Waals surface area contributed by atoms with Crippen LogP contribution in [-0.2, 0) is 17.1 Å².